The van der Waals surface area contributed by atoms with Crippen LogP contribution in [-0.2, 0) is 9.53 Å². The highest BCUT2D eigenvalue weighted by Gasteiger charge is 2.30. The van der Waals surface area contributed by atoms with Gasteiger partial charge in [-0.05, 0) is 20.3 Å². The minimum atomic E-state index is 0. The zero-order chi connectivity index (χ0) is 16.8. The molecule has 24 heavy (non-hydrogen) atoms. The molecule has 0 saturated carbocycles. The highest BCUT2D eigenvalue weighted by atomic mass is 127. The van der Waals surface area contributed by atoms with Crippen LogP contribution in [0.25, 0.3) is 0 Å². The summed E-state index contributed by atoms with van der Waals surface area (Å²) in [6.07, 6.45) is 1.14. The van der Waals surface area contributed by atoms with Crippen molar-refractivity contribution < 1.29 is 9.53 Å². The van der Waals surface area contributed by atoms with E-state index in [2.05, 4.69) is 34.0 Å². The van der Waals surface area contributed by atoms with Crippen LogP contribution in [0.15, 0.2) is 4.99 Å². The van der Waals surface area contributed by atoms with Gasteiger partial charge in [-0.1, -0.05) is 0 Å². The molecular formula is C16H32IN5O2. The van der Waals surface area contributed by atoms with E-state index < -0.39 is 0 Å². The summed E-state index contributed by atoms with van der Waals surface area (Å²) in [5.74, 6) is 0.878. The predicted octanol–water partition coefficient (Wildman–Crippen LogP) is 0.453. The molecule has 0 aromatic rings. The Balaban J connectivity index is 0.00000288. The molecule has 2 fully saturated rings. The first-order chi connectivity index (χ1) is 11.0. The number of hydrogen-bond donors (Lipinski definition) is 1. The lowest BCUT2D eigenvalue weighted by Gasteiger charge is -2.32. The minimum absolute atomic E-state index is 0. The Labute approximate surface area is 162 Å². The van der Waals surface area contributed by atoms with Gasteiger partial charge in [0.1, 0.15) is 6.54 Å². The number of nitrogens with one attached hydrogen (secondary N) is 1. The molecule has 1 amide bonds. The van der Waals surface area contributed by atoms with Gasteiger partial charge in [0.25, 0.3) is 0 Å². The Bertz CT molecular complexity index is 425. The lowest BCUT2D eigenvalue weighted by molar-refractivity contribution is -0.127. The van der Waals surface area contributed by atoms with E-state index in [0.29, 0.717) is 12.1 Å². The predicted molar refractivity (Wildman–Crippen MR) is 107 cm³/mol. The number of morpholine rings is 1. The number of likely N-dealkylation sites (N-methyl/N-ethyl adjacent to an activating group) is 1. The summed E-state index contributed by atoms with van der Waals surface area (Å²) in [5, 5.41) is 3.40. The molecule has 0 aromatic carbocycles. The second kappa shape index (κ2) is 10.4. The number of hydrogen-bond acceptors (Lipinski definition) is 4. The van der Waals surface area contributed by atoms with Gasteiger partial charge in [-0.3, -0.25) is 9.69 Å². The number of halogens is 1. The number of rotatable bonds is 4. The number of guanidine groups is 1. The zero-order valence-corrected chi connectivity index (χ0v) is 17.7. The van der Waals surface area contributed by atoms with Crippen LogP contribution in [0.4, 0.5) is 0 Å². The molecule has 1 unspecified atom stereocenters. The van der Waals surface area contributed by atoms with Crippen molar-refractivity contribution >= 4 is 35.8 Å². The van der Waals surface area contributed by atoms with Crippen LogP contribution in [0.2, 0.25) is 0 Å². The standard InChI is InChI=1S/C16H31N5O2.HI/c1-13(2)18-16(17-11-15(22)19(3)4)21-6-5-14(12-21)20-7-9-23-10-8-20;/h13-14H,5-12H2,1-4H3,(H,17,18);1H. The maximum atomic E-state index is 11.8. The number of carbonyl (C=O) groups excluding carboxylic acids is 1. The van der Waals surface area contributed by atoms with Crippen molar-refractivity contribution in [1.82, 2.24) is 20.0 Å². The van der Waals surface area contributed by atoms with Gasteiger partial charge in [0.05, 0.1) is 13.2 Å². The Kier molecular flexibility index (Phi) is 9.28. The van der Waals surface area contributed by atoms with Crippen molar-refractivity contribution in [2.24, 2.45) is 4.99 Å². The third-order valence-electron chi connectivity index (χ3n) is 4.31. The van der Waals surface area contributed by atoms with E-state index in [9.17, 15) is 4.79 Å². The number of aliphatic imine (C=N–C) groups is 1. The van der Waals surface area contributed by atoms with Gasteiger partial charge < -0.3 is 19.9 Å². The molecule has 2 rings (SSSR count). The molecule has 2 saturated heterocycles. The van der Waals surface area contributed by atoms with Crippen LogP contribution in [0.3, 0.4) is 0 Å². The van der Waals surface area contributed by atoms with Crippen LogP contribution >= 0.6 is 24.0 Å². The summed E-state index contributed by atoms with van der Waals surface area (Å²) < 4.78 is 5.44. The number of nitrogens with zero attached hydrogens (tertiary/aromatic N) is 4. The molecule has 8 heteroatoms. The molecule has 0 aliphatic carbocycles. The van der Waals surface area contributed by atoms with E-state index in [-0.39, 0.29) is 36.4 Å². The third kappa shape index (κ3) is 6.36. The van der Waals surface area contributed by atoms with Crippen molar-refractivity contribution in [3.8, 4) is 0 Å². The summed E-state index contributed by atoms with van der Waals surface area (Å²) in [6.45, 7) is 10.0. The van der Waals surface area contributed by atoms with Crippen molar-refractivity contribution in [3.63, 3.8) is 0 Å². The lowest BCUT2D eigenvalue weighted by Crippen LogP contribution is -2.48. The molecule has 140 valence electrons. The Morgan fingerprint density at radius 2 is 1.96 bits per heavy atom. The SMILES string of the molecule is CC(C)NC(=NCC(=O)N(C)C)N1CCC(N2CCOCC2)C1.I. The van der Waals surface area contributed by atoms with E-state index in [1.165, 1.54) is 0 Å². The summed E-state index contributed by atoms with van der Waals surface area (Å²) in [6, 6.07) is 0.855. The first kappa shape index (κ1) is 21.4. The van der Waals surface area contributed by atoms with Gasteiger partial charge >= 0.3 is 0 Å². The topological polar surface area (TPSA) is 60.4 Å². The quantitative estimate of drug-likeness (QED) is 0.381. The van der Waals surface area contributed by atoms with Crippen molar-refractivity contribution in [2.75, 3.05) is 60.0 Å². The van der Waals surface area contributed by atoms with Crippen molar-refractivity contribution in [2.45, 2.75) is 32.4 Å². The molecule has 2 aliphatic rings. The maximum Gasteiger partial charge on any atom is 0.243 e. The van der Waals surface area contributed by atoms with Gasteiger partial charge in [-0.15, -0.1) is 24.0 Å². The summed E-state index contributed by atoms with van der Waals surface area (Å²) >= 11 is 0. The molecule has 7 nitrogen and oxygen atoms in total. The number of carbonyl (C=O) groups is 1. The number of likely N-dealkylation sites (tertiary alicyclic amines) is 1. The van der Waals surface area contributed by atoms with E-state index >= 15 is 0 Å². The molecule has 0 radical (unpaired) electrons. The van der Waals surface area contributed by atoms with Crippen LogP contribution in [0, 0.1) is 0 Å². The average molecular weight is 453 g/mol. The first-order valence-electron chi connectivity index (χ1n) is 8.55. The van der Waals surface area contributed by atoms with Crippen molar-refractivity contribution in [3.05, 3.63) is 0 Å². The van der Waals surface area contributed by atoms with Crippen LogP contribution < -0.4 is 5.32 Å². The van der Waals surface area contributed by atoms with Crippen LogP contribution in [-0.4, -0.2) is 98.7 Å². The Hall–Kier alpha value is -0.610. The molecule has 1 atom stereocenters. The highest BCUT2D eigenvalue weighted by Crippen LogP contribution is 2.17. The van der Waals surface area contributed by atoms with Gasteiger partial charge in [0, 0.05) is 52.4 Å². The molecule has 1 N–H and O–H groups in total. The maximum absolute atomic E-state index is 11.8. The van der Waals surface area contributed by atoms with E-state index in [4.69, 9.17) is 4.74 Å². The highest BCUT2D eigenvalue weighted by molar-refractivity contribution is 14.0. The largest absolute Gasteiger partial charge is 0.379 e. The lowest BCUT2D eigenvalue weighted by atomic mass is 10.2. The minimum Gasteiger partial charge on any atom is -0.379 e. The number of amides is 1. The first-order valence-corrected chi connectivity index (χ1v) is 8.55. The fourth-order valence-electron chi connectivity index (χ4n) is 2.95. The van der Waals surface area contributed by atoms with Crippen LogP contribution in [0.5, 0.6) is 0 Å². The second-order valence-corrected chi connectivity index (χ2v) is 6.76. The van der Waals surface area contributed by atoms with E-state index in [1.54, 1.807) is 19.0 Å². The Morgan fingerprint density at radius 1 is 1.29 bits per heavy atom. The molecule has 0 bridgehead atoms. The monoisotopic (exact) mass is 453 g/mol. The molecule has 0 aromatic heterocycles. The van der Waals surface area contributed by atoms with Crippen molar-refractivity contribution in [1.29, 1.82) is 0 Å². The van der Waals surface area contributed by atoms with E-state index in [1.807, 2.05) is 0 Å². The Morgan fingerprint density at radius 3 is 2.54 bits per heavy atom. The molecule has 0 spiro atoms. The average Bonchev–Trinajstić information content (AvgIpc) is 3.01. The van der Waals surface area contributed by atoms with Crippen LogP contribution in [0.1, 0.15) is 20.3 Å². The normalized spacial score (nSPS) is 22.5. The second-order valence-electron chi connectivity index (χ2n) is 6.76. The summed E-state index contributed by atoms with van der Waals surface area (Å²) in [5.41, 5.74) is 0. The third-order valence-corrected chi connectivity index (χ3v) is 4.31. The fourth-order valence-corrected chi connectivity index (χ4v) is 2.95. The summed E-state index contributed by atoms with van der Waals surface area (Å²) in [4.78, 5) is 22.7. The fraction of sp³-hybridized carbons (Fsp3) is 0.875. The van der Waals surface area contributed by atoms with Gasteiger partial charge in [0.2, 0.25) is 5.91 Å². The van der Waals surface area contributed by atoms with Gasteiger partial charge in [-0.25, -0.2) is 4.99 Å². The number of ether oxygens (including phenoxy) is 1. The van der Waals surface area contributed by atoms with Gasteiger partial charge in [-0.2, -0.15) is 0 Å². The smallest absolute Gasteiger partial charge is 0.243 e. The van der Waals surface area contributed by atoms with Gasteiger partial charge in [0.15, 0.2) is 5.96 Å². The summed E-state index contributed by atoms with van der Waals surface area (Å²) in [7, 11) is 3.52. The zero-order valence-electron chi connectivity index (χ0n) is 15.3. The molecular weight excluding hydrogens is 421 g/mol. The molecule has 2 aliphatic heterocycles. The molecule has 2 heterocycles. The van der Waals surface area contributed by atoms with E-state index in [0.717, 1.165) is 51.8 Å².